The van der Waals surface area contributed by atoms with Gasteiger partial charge in [-0.15, -0.1) is 0 Å². The molecule has 26 heavy (non-hydrogen) atoms. The topological polar surface area (TPSA) is 65.4 Å². The van der Waals surface area contributed by atoms with Crippen LogP contribution in [0.2, 0.25) is 0 Å². The maximum atomic E-state index is 12.5. The Hall–Kier alpha value is -3.28. The summed E-state index contributed by atoms with van der Waals surface area (Å²) in [4.78, 5) is 16.6. The van der Waals surface area contributed by atoms with Crippen molar-refractivity contribution in [1.82, 2.24) is 14.9 Å². The van der Waals surface area contributed by atoms with Crippen molar-refractivity contribution in [2.45, 2.75) is 13.0 Å². The van der Waals surface area contributed by atoms with E-state index in [0.29, 0.717) is 18.8 Å². The SMILES string of the molecule is CC(NC(=O)c1ccc(-n2ccnc2)cc1)c1ccc2c(c1)OCCO2. The first kappa shape index (κ1) is 16.2. The highest BCUT2D eigenvalue weighted by Gasteiger charge is 2.16. The zero-order valence-electron chi connectivity index (χ0n) is 14.4. The Morgan fingerprint density at radius 1 is 1.12 bits per heavy atom. The van der Waals surface area contributed by atoms with Gasteiger partial charge in [-0.25, -0.2) is 4.98 Å². The predicted octanol–water partition coefficient (Wildman–Crippen LogP) is 3.13. The second-order valence-electron chi connectivity index (χ2n) is 6.12. The second kappa shape index (κ2) is 6.92. The maximum absolute atomic E-state index is 12.5. The van der Waals surface area contributed by atoms with Gasteiger partial charge >= 0.3 is 0 Å². The first-order valence-electron chi connectivity index (χ1n) is 8.49. The standard InChI is InChI=1S/C20H19N3O3/c1-14(16-4-7-18-19(12-16)26-11-10-25-18)22-20(24)15-2-5-17(6-3-15)23-9-8-21-13-23/h2-9,12-14H,10-11H2,1H3,(H,22,24). The van der Waals surface area contributed by atoms with E-state index in [1.165, 1.54) is 0 Å². The predicted molar refractivity (Wildman–Crippen MR) is 96.9 cm³/mol. The molecule has 0 saturated carbocycles. The average molecular weight is 349 g/mol. The van der Waals surface area contributed by atoms with Crippen LogP contribution in [-0.2, 0) is 0 Å². The summed E-state index contributed by atoms with van der Waals surface area (Å²) in [6, 6.07) is 13.0. The summed E-state index contributed by atoms with van der Waals surface area (Å²) in [5.41, 5.74) is 2.54. The Kier molecular flexibility index (Phi) is 4.31. The van der Waals surface area contributed by atoms with Gasteiger partial charge in [-0.1, -0.05) is 6.07 Å². The zero-order chi connectivity index (χ0) is 17.9. The molecule has 6 nitrogen and oxygen atoms in total. The van der Waals surface area contributed by atoms with Gasteiger partial charge < -0.3 is 19.4 Å². The minimum Gasteiger partial charge on any atom is -0.486 e. The third-order valence-electron chi connectivity index (χ3n) is 4.35. The van der Waals surface area contributed by atoms with Crippen molar-refractivity contribution in [2.75, 3.05) is 13.2 Å². The van der Waals surface area contributed by atoms with Crippen molar-refractivity contribution < 1.29 is 14.3 Å². The zero-order valence-corrected chi connectivity index (χ0v) is 14.4. The van der Waals surface area contributed by atoms with Gasteiger partial charge in [0.15, 0.2) is 11.5 Å². The van der Waals surface area contributed by atoms with Crippen LogP contribution in [0.3, 0.4) is 0 Å². The van der Waals surface area contributed by atoms with E-state index >= 15 is 0 Å². The van der Waals surface area contributed by atoms with Crippen LogP contribution < -0.4 is 14.8 Å². The molecule has 6 heteroatoms. The van der Waals surface area contributed by atoms with E-state index < -0.39 is 0 Å². The largest absolute Gasteiger partial charge is 0.486 e. The number of carbonyl (C=O) groups is 1. The quantitative estimate of drug-likeness (QED) is 0.786. The van der Waals surface area contributed by atoms with Gasteiger partial charge in [0.05, 0.1) is 12.4 Å². The molecule has 0 aliphatic carbocycles. The van der Waals surface area contributed by atoms with Crippen LogP contribution >= 0.6 is 0 Å². The number of hydrogen-bond donors (Lipinski definition) is 1. The van der Waals surface area contributed by atoms with Crippen LogP contribution in [0, 0.1) is 0 Å². The lowest BCUT2D eigenvalue weighted by molar-refractivity contribution is 0.0939. The Bertz CT molecular complexity index is 905. The van der Waals surface area contributed by atoms with Crippen LogP contribution in [0.5, 0.6) is 11.5 Å². The van der Waals surface area contributed by atoms with E-state index in [1.54, 1.807) is 24.7 Å². The number of imidazole rings is 1. The molecule has 1 aliphatic heterocycles. The highest BCUT2D eigenvalue weighted by atomic mass is 16.6. The van der Waals surface area contributed by atoms with E-state index in [2.05, 4.69) is 10.3 Å². The summed E-state index contributed by atoms with van der Waals surface area (Å²) in [5, 5.41) is 3.02. The molecular weight excluding hydrogens is 330 g/mol. The number of amides is 1. The number of ether oxygens (including phenoxy) is 2. The summed E-state index contributed by atoms with van der Waals surface area (Å²) >= 11 is 0. The fraction of sp³-hybridized carbons (Fsp3) is 0.200. The molecule has 1 unspecified atom stereocenters. The van der Waals surface area contributed by atoms with Gasteiger partial charge in [0.2, 0.25) is 0 Å². The molecule has 1 amide bonds. The number of benzene rings is 2. The molecular formula is C20H19N3O3. The molecule has 1 aliphatic rings. The van der Waals surface area contributed by atoms with Gasteiger partial charge in [-0.05, 0) is 48.9 Å². The van der Waals surface area contributed by atoms with Crippen molar-refractivity contribution >= 4 is 5.91 Å². The number of fused-ring (bicyclic) bond motifs is 1. The highest BCUT2D eigenvalue weighted by Crippen LogP contribution is 2.32. The normalized spacial score (nSPS) is 13.9. The smallest absolute Gasteiger partial charge is 0.251 e. The highest BCUT2D eigenvalue weighted by molar-refractivity contribution is 5.94. The molecule has 1 aromatic heterocycles. The fourth-order valence-electron chi connectivity index (χ4n) is 2.89. The van der Waals surface area contributed by atoms with E-state index in [0.717, 1.165) is 22.7 Å². The lowest BCUT2D eigenvalue weighted by atomic mass is 10.1. The lowest BCUT2D eigenvalue weighted by Crippen LogP contribution is -2.26. The Morgan fingerprint density at radius 3 is 2.62 bits per heavy atom. The summed E-state index contributed by atoms with van der Waals surface area (Å²) in [6.07, 6.45) is 5.30. The molecule has 0 fully saturated rings. The van der Waals surface area contributed by atoms with Gasteiger partial charge in [0.1, 0.15) is 13.2 Å². The van der Waals surface area contributed by atoms with E-state index in [4.69, 9.17) is 9.47 Å². The molecule has 1 N–H and O–H groups in total. The summed E-state index contributed by atoms with van der Waals surface area (Å²) in [6.45, 7) is 3.05. The van der Waals surface area contributed by atoms with Crippen LogP contribution in [0.25, 0.3) is 5.69 Å². The van der Waals surface area contributed by atoms with E-state index in [-0.39, 0.29) is 11.9 Å². The third kappa shape index (κ3) is 3.26. The van der Waals surface area contributed by atoms with Crippen LogP contribution in [0.15, 0.2) is 61.2 Å². The van der Waals surface area contributed by atoms with Gasteiger partial charge in [-0.2, -0.15) is 0 Å². The molecule has 0 bridgehead atoms. The first-order chi connectivity index (χ1) is 12.7. The van der Waals surface area contributed by atoms with Gasteiger partial charge in [0, 0.05) is 23.6 Å². The number of nitrogens with zero attached hydrogens (tertiary/aromatic N) is 2. The van der Waals surface area contributed by atoms with Crippen LogP contribution in [-0.4, -0.2) is 28.7 Å². The average Bonchev–Trinajstić information content (AvgIpc) is 3.22. The Balaban J connectivity index is 1.45. The number of carbonyl (C=O) groups excluding carboxylic acids is 1. The number of rotatable bonds is 4. The van der Waals surface area contributed by atoms with Gasteiger partial charge in [0.25, 0.3) is 5.91 Å². The van der Waals surface area contributed by atoms with Crippen molar-refractivity contribution in [2.24, 2.45) is 0 Å². The van der Waals surface area contributed by atoms with Crippen molar-refractivity contribution in [3.05, 3.63) is 72.3 Å². The number of aromatic nitrogens is 2. The Labute approximate surface area is 151 Å². The first-order valence-corrected chi connectivity index (χ1v) is 8.49. The summed E-state index contributed by atoms with van der Waals surface area (Å²) in [7, 11) is 0. The van der Waals surface area contributed by atoms with Crippen molar-refractivity contribution in [3.63, 3.8) is 0 Å². The minimum atomic E-state index is -0.147. The molecule has 2 heterocycles. The van der Waals surface area contributed by atoms with Gasteiger partial charge in [-0.3, -0.25) is 4.79 Å². The Morgan fingerprint density at radius 2 is 1.88 bits per heavy atom. The minimum absolute atomic E-state index is 0.121. The lowest BCUT2D eigenvalue weighted by Gasteiger charge is -2.21. The number of nitrogens with one attached hydrogen (secondary N) is 1. The molecule has 0 radical (unpaired) electrons. The van der Waals surface area contributed by atoms with E-state index in [1.807, 2.05) is 48.0 Å². The monoisotopic (exact) mass is 349 g/mol. The van der Waals surface area contributed by atoms with E-state index in [9.17, 15) is 4.79 Å². The summed E-state index contributed by atoms with van der Waals surface area (Å²) in [5.74, 6) is 1.35. The summed E-state index contributed by atoms with van der Waals surface area (Å²) < 4.78 is 13.0. The number of hydrogen-bond acceptors (Lipinski definition) is 4. The maximum Gasteiger partial charge on any atom is 0.251 e. The molecule has 4 rings (SSSR count). The molecule has 0 saturated heterocycles. The molecule has 2 aromatic carbocycles. The third-order valence-corrected chi connectivity index (χ3v) is 4.35. The molecule has 3 aromatic rings. The molecule has 0 spiro atoms. The van der Waals surface area contributed by atoms with Crippen molar-refractivity contribution in [1.29, 1.82) is 0 Å². The van der Waals surface area contributed by atoms with Crippen LogP contribution in [0.4, 0.5) is 0 Å². The fourth-order valence-corrected chi connectivity index (χ4v) is 2.89. The molecule has 1 atom stereocenters. The van der Waals surface area contributed by atoms with Crippen LogP contribution in [0.1, 0.15) is 28.9 Å². The van der Waals surface area contributed by atoms with Crippen molar-refractivity contribution in [3.8, 4) is 17.2 Å². The molecule has 132 valence electrons. The second-order valence-corrected chi connectivity index (χ2v) is 6.12.